The summed E-state index contributed by atoms with van der Waals surface area (Å²) in [5, 5.41) is 10.3. The lowest BCUT2D eigenvalue weighted by Crippen LogP contribution is -2.27. The molecule has 1 heterocycles. The Labute approximate surface area is 113 Å². The van der Waals surface area contributed by atoms with Crippen molar-refractivity contribution in [3.05, 3.63) is 11.9 Å². The zero-order valence-corrected chi connectivity index (χ0v) is 11.6. The summed E-state index contributed by atoms with van der Waals surface area (Å²) in [6, 6.07) is 0. The van der Waals surface area contributed by atoms with Gasteiger partial charge in [-0.25, -0.2) is 0 Å². The van der Waals surface area contributed by atoms with Gasteiger partial charge >= 0.3 is 0 Å². The van der Waals surface area contributed by atoms with Gasteiger partial charge in [-0.1, -0.05) is 19.1 Å². The Hall–Kier alpha value is -1.47. The van der Waals surface area contributed by atoms with E-state index in [1.54, 1.807) is 10.9 Å². The van der Waals surface area contributed by atoms with E-state index in [4.69, 9.17) is 10.5 Å². The number of nitrogens with two attached hydrogens (primary N) is 1. The summed E-state index contributed by atoms with van der Waals surface area (Å²) < 4.78 is 6.95. The Morgan fingerprint density at radius 3 is 3.00 bits per heavy atom. The number of carbonyl (C=O) groups excluding carboxylic acids is 1. The molecule has 0 aliphatic heterocycles. The van der Waals surface area contributed by atoms with Gasteiger partial charge in [-0.2, -0.15) is 0 Å². The molecule has 0 spiro atoms. The van der Waals surface area contributed by atoms with Gasteiger partial charge in [-0.15, -0.1) is 5.10 Å². The number of nitrogens with zero attached hydrogens (tertiary/aromatic N) is 3. The molecular weight excluding hydrogens is 246 g/mol. The third-order valence-corrected chi connectivity index (χ3v) is 2.50. The van der Waals surface area contributed by atoms with Crippen LogP contribution in [0.1, 0.15) is 30.8 Å². The second-order valence-electron chi connectivity index (χ2n) is 4.71. The maximum Gasteiger partial charge on any atom is 0.273 e. The van der Waals surface area contributed by atoms with Gasteiger partial charge in [-0.05, 0) is 12.3 Å². The van der Waals surface area contributed by atoms with Crippen LogP contribution in [0, 0.1) is 5.92 Å². The van der Waals surface area contributed by atoms with Gasteiger partial charge in [0.05, 0.1) is 19.3 Å². The Bertz CT molecular complexity index is 378. The van der Waals surface area contributed by atoms with Crippen LogP contribution in [0.15, 0.2) is 6.20 Å². The van der Waals surface area contributed by atoms with E-state index in [1.165, 1.54) is 0 Å². The Balaban J connectivity index is 2.16. The topological polar surface area (TPSA) is 95.1 Å². The highest BCUT2D eigenvalue weighted by molar-refractivity contribution is 5.91. The molecule has 19 heavy (non-hydrogen) atoms. The first-order valence-electron chi connectivity index (χ1n) is 6.59. The molecule has 108 valence electrons. The number of rotatable bonds is 9. The van der Waals surface area contributed by atoms with Crippen LogP contribution in [0.5, 0.6) is 0 Å². The highest BCUT2D eigenvalue weighted by atomic mass is 16.5. The lowest BCUT2D eigenvalue weighted by molar-refractivity contribution is 0.0901. The average molecular weight is 269 g/mol. The molecule has 7 heteroatoms. The van der Waals surface area contributed by atoms with Crippen molar-refractivity contribution >= 4 is 5.91 Å². The molecule has 0 atom stereocenters. The molecule has 0 aliphatic rings. The lowest BCUT2D eigenvalue weighted by atomic mass is 10.1. The molecule has 7 nitrogen and oxygen atoms in total. The molecule has 0 fully saturated rings. The fourth-order valence-electron chi connectivity index (χ4n) is 1.39. The minimum atomic E-state index is -0.240. The molecule has 1 rings (SSSR count). The maximum atomic E-state index is 11.7. The number of hydrogen-bond donors (Lipinski definition) is 2. The fourth-order valence-corrected chi connectivity index (χ4v) is 1.39. The van der Waals surface area contributed by atoms with Crippen molar-refractivity contribution in [3.8, 4) is 0 Å². The minimum Gasteiger partial charge on any atom is -0.380 e. The van der Waals surface area contributed by atoms with Crippen LogP contribution in [0.3, 0.4) is 0 Å². The smallest absolute Gasteiger partial charge is 0.273 e. The van der Waals surface area contributed by atoms with E-state index in [-0.39, 0.29) is 5.91 Å². The SMILES string of the molecule is CC(C)CCOCCNC(=O)c1cn(CCN)nn1. The number of aromatic nitrogens is 3. The Morgan fingerprint density at radius 2 is 2.32 bits per heavy atom. The van der Waals surface area contributed by atoms with Crippen molar-refractivity contribution in [2.75, 3.05) is 26.3 Å². The molecule has 1 amide bonds. The van der Waals surface area contributed by atoms with Crippen LogP contribution in [0.2, 0.25) is 0 Å². The lowest BCUT2D eigenvalue weighted by Gasteiger charge is -2.06. The average Bonchev–Trinajstić information content (AvgIpc) is 2.82. The van der Waals surface area contributed by atoms with E-state index >= 15 is 0 Å². The summed E-state index contributed by atoms with van der Waals surface area (Å²) in [5.41, 5.74) is 5.69. The van der Waals surface area contributed by atoms with E-state index in [0.29, 0.717) is 37.9 Å². The second kappa shape index (κ2) is 8.60. The van der Waals surface area contributed by atoms with Crippen LogP contribution >= 0.6 is 0 Å². The van der Waals surface area contributed by atoms with Gasteiger partial charge in [-0.3, -0.25) is 9.48 Å². The van der Waals surface area contributed by atoms with Crippen LogP contribution in [0.25, 0.3) is 0 Å². The van der Waals surface area contributed by atoms with Crippen molar-refractivity contribution in [3.63, 3.8) is 0 Å². The highest BCUT2D eigenvalue weighted by Crippen LogP contribution is 1.98. The monoisotopic (exact) mass is 269 g/mol. The van der Waals surface area contributed by atoms with Gasteiger partial charge in [0.1, 0.15) is 0 Å². The van der Waals surface area contributed by atoms with Crippen LogP contribution in [-0.4, -0.2) is 47.2 Å². The zero-order chi connectivity index (χ0) is 14.1. The second-order valence-corrected chi connectivity index (χ2v) is 4.71. The molecule has 0 saturated carbocycles. The molecule has 0 aliphatic carbocycles. The highest BCUT2D eigenvalue weighted by Gasteiger charge is 2.09. The third-order valence-electron chi connectivity index (χ3n) is 2.50. The number of amides is 1. The van der Waals surface area contributed by atoms with Gasteiger partial charge in [0.25, 0.3) is 5.91 Å². The van der Waals surface area contributed by atoms with Gasteiger partial charge in [0, 0.05) is 19.7 Å². The molecule has 1 aromatic heterocycles. The summed E-state index contributed by atoms with van der Waals surface area (Å²) in [6.45, 7) is 7.02. The van der Waals surface area contributed by atoms with Crippen molar-refractivity contribution < 1.29 is 9.53 Å². The Kier molecular flexibility index (Phi) is 7.06. The van der Waals surface area contributed by atoms with Gasteiger partial charge in [0.15, 0.2) is 5.69 Å². The van der Waals surface area contributed by atoms with Gasteiger partial charge in [0.2, 0.25) is 0 Å². The van der Waals surface area contributed by atoms with E-state index < -0.39 is 0 Å². The summed E-state index contributed by atoms with van der Waals surface area (Å²) in [6.07, 6.45) is 2.61. The van der Waals surface area contributed by atoms with Crippen LogP contribution < -0.4 is 11.1 Å². The van der Waals surface area contributed by atoms with Gasteiger partial charge < -0.3 is 15.8 Å². The summed E-state index contributed by atoms with van der Waals surface area (Å²) >= 11 is 0. The van der Waals surface area contributed by atoms with E-state index in [2.05, 4.69) is 29.5 Å². The maximum absolute atomic E-state index is 11.7. The quantitative estimate of drug-likeness (QED) is 0.617. The summed E-state index contributed by atoms with van der Waals surface area (Å²) in [5.74, 6) is 0.392. The van der Waals surface area contributed by atoms with Crippen molar-refractivity contribution in [2.24, 2.45) is 11.7 Å². The third kappa shape index (κ3) is 6.30. The van der Waals surface area contributed by atoms with E-state index in [9.17, 15) is 4.79 Å². The van der Waals surface area contributed by atoms with E-state index in [0.717, 1.165) is 13.0 Å². The molecule has 1 aromatic rings. The first-order valence-corrected chi connectivity index (χ1v) is 6.59. The summed E-state index contributed by atoms with van der Waals surface area (Å²) in [7, 11) is 0. The number of ether oxygens (including phenoxy) is 1. The molecular formula is C12H23N5O2. The number of carbonyl (C=O) groups is 1. The van der Waals surface area contributed by atoms with E-state index in [1.807, 2.05) is 0 Å². The number of nitrogens with one attached hydrogen (secondary N) is 1. The largest absolute Gasteiger partial charge is 0.380 e. The molecule has 0 bridgehead atoms. The standard InChI is InChI=1S/C12H23N5O2/c1-10(2)3-7-19-8-5-14-12(18)11-9-17(6-4-13)16-15-11/h9-10H,3-8,13H2,1-2H3,(H,14,18). The first kappa shape index (κ1) is 15.6. The molecule has 3 N–H and O–H groups in total. The fraction of sp³-hybridized carbons (Fsp3) is 0.750. The van der Waals surface area contributed by atoms with Crippen LogP contribution in [-0.2, 0) is 11.3 Å². The predicted octanol–water partition coefficient (Wildman–Crippen LogP) is 0.0293. The molecule has 0 unspecified atom stereocenters. The molecule has 0 saturated heterocycles. The molecule has 0 radical (unpaired) electrons. The first-order chi connectivity index (χ1) is 9.13. The predicted molar refractivity (Wildman–Crippen MR) is 71.7 cm³/mol. The van der Waals surface area contributed by atoms with Crippen molar-refractivity contribution in [1.29, 1.82) is 0 Å². The number of hydrogen-bond acceptors (Lipinski definition) is 5. The zero-order valence-electron chi connectivity index (χ0n) is 11.6. The van der Waals surface area contributed by atoms with Crippen molar-refractivity contribution in [1.82, 2.24) is 20.3 Å². The van der Waals surface area contributed by atoms with Crippen molar-refractivity contribution in [2.45, 2.75) is 26.8 Å². The normalized spacial score (nSPS) is 10.9. The Morgan fingerprint density at radius 1 is 1.53 bits per heavy atom. The molecule has 0 aromatic carbocycles. The summed E-state index contributed by atoms with van der Waals surface area (Å²) in [4.78, 5) is 11.7. The minimum absolute atomic E-state index is 0.240. The van der Waals surface area contributed by atoms with Crippen LogP contribution in [0.4, 0.5) is 0 Å².